The van der Waals surface area contributed by atoms with E-state index in [4.69, 9.17) is 22.3 Å². The van der Waals surface area contributed by atoms with Gasteiger partial charge in [0.25, 0.3) is 0 Å². The monoisotopic (exact) mass is 239 g/mol. The molecule has 6 heteroatoms. The van der Waals surface area contributed by atoms with Crippen molar-refractivity contribution in [2.45, 2.75) is 5.38 Å². The molecule has 1 aromatic rings. The fourth-order valence-electron chi connectivity index (χ4n) is 0.821. The van der Waals surface area contributed by atoms with Gasteiger partial charge in [0.15, 0.2) is 0 Å². The minimum absolute atomic E-state index is 0.312. The third-order valence-corrected chi connectivity index (χ3v) is 3.02. The summed E-state index contributed by atoms with van der Waals surface area (Å²) in [5.41, 5.74) is 0.508. The van der Waals surface area contributed by atoms with Crippen molar-refractivity contribution >= 4 is 31.3 Å². The summed E-state index contributed by atoms with van der Waals surface area (Å²) in [4.78, 5) is 3.91. The summed E-state index contributed by atoms with van der Waals surface area (Å²) < 4.78 is 21.3. The van der Waals surface area contributed by atoms with Gasteiger partial charge in [-0.25, -0.2) is 8.42 Å². The second-order valence-corrected chi connectivity index (χ2v) is 5.78. The maximum atomic E-state index is 10.7. The molecule has 13 heavy (non-hydrogen) atoms. The molecular formula is C7H7Cl2NO2S. The minimum atomic E-state index is -3.57. The second-order valence-electron chi connectivity index (χ2n) is 2.43. The second kappa shape index (κ2) is 4.26. The van der Waals surface area contributed by atoms with Crippen LogP contribution in [0.25, 0.3) is 0 Å². The van der Waals surface area contributed by atoms with Crippen LogP contribution in [0.2, 0.25) is 0 Å². The smallest absolute Gasteiger partial charge is 0.234 e. The van der Waals surface area contributed by atoms with Crippen molar-refractivity contribution in [3.05, 3.63) is 30.1 Å². The number of halogens is 2. The van der Waals surface area contributed by atoms with Gasteiger partial charge in [0.05, 0.1) is 16.8 Å². The molecule has 72 valence electrons. The van der Waals surface area contributed by atoms with Crippen LogP contribution in [0.5, 0.6) is 0 Å². The molecule has 0 aliphatic rings. The van der Waals surface area contributed by atoms with Crippen LogP contribution in [-0.2, 0) is 9.05 Å². The Hall–Kier alpha value is -0.320. The first-order valence-corrected chi connectivity index (χ1v) is 6.38. The summed E-state index contributed by atoms with van der Waals surface area (Å²) in [5.74, 6) is -0.312. The van der Waals surface area contributed by atoms with Gasteiger partial charge in [-0.15, -0.1) is 11.6 Å². The van der Waals surface area contributed by atoms with E-state index in [0.29, 0.717) is 5.69 Å². The fraction of sp³-hybridized carbons (Fsp3) is 0.286. The van der Waals surface area contributed by atoms with E-state index in [1.54, 1.807) is 24.4 Å². The molecule has 0 fully saturated rings. The van der Waals surface area contributed by atoms with E-state index in [-0.39, 0.29) is 5.75 Å². The lowest BCUT2D eigenvalue weighted by Gasteiger charge is -2.04. The van der Waals surface area contributed by atoms with E-state index in [0.717, 1.165) is 0 Å². The molecule has 0 saturated heterocycles. The van der Waals surface area contributed by atoms with Crippen LogP contribution in [-0.4, -0.2) is 19.2 Å². The Kier molecular flexibility index (Phi) is 3.53. The van der Waals surface area contributed by atoms with Gasteiger partial charge in [-0.1, -0.05) is 6.07 Å². The van der Waals surface area contributed by atoms with Gasteiger partial charge in [-0.3, -0.25) is 4.98 Å². The van der Waals surface area contributed by atoms with Crippen LogP contribution >= 0.6 is 22.3 Å². The van der Waals surface area contributed by atoms with Crippen molar-refractivity contribution in [2.75, 3.05) is 5.75 Å². The van der Waals surface area contributed by atoms with Gasteiger partial charge in [0.1, 0.15) is 0 Å². The number of alkyl halides is 1. The average molecular weight is 240 g/mol. The summed E-state index contributed by atoms with van der Waals surface area (Å²) in [6.07, 6.45) is 1.55. The van der Waals surface area contributed by atoms with Gasteiger partial charge >= 0.3 is 0 Å². The number of hydrogen-bond acceptors (Lipinski definition) is 3. The van der Waals surface area contributed by atoms with Crippen molar-refractivity contribution in [3.8, 4) is 0 Å². The molecule has 1 aromatic heterocycles. The van der Waals surface area contributed by atoms with Gasteiger partial charge in [0, 0.05) is 16.9 Å². The molecule has 1 heterocycles. The van der Waals surface area contributed by atoms with Crippen molar-refractivity contribution < 1.29 is 8.42 Å². The Labute approximate surface area is 86.1 Å². The lowest BCUT2D eigenvalue weighted by Crippen LogP contribution is -2.05. The summed E-state index contributed by atoms with van der Waals surface area (Å²) in [5, 5.41) is -0.691. The molecule has 1 rings (SSSR count). The molecule has 0 N–H and O–H groups in total. The van der Waals surface area contributed by atoms with Crippen LogP contribution in [0.1, 0.15) is 11.1 Å². The lowest BCUT2D eigenvalue weighted by molar-refractivity contribution is 0.608. The van der Waals surface area contributed by atoms with E-state index in [1.165, 1.54) is 0 Å². The molecular weight excluding hydrogens is 233 g/mol. The standard InChI is InChI=1S/C7H7Cl2NO2S/c8-6(5-13(9,11)12)7-3-1-2-4-10-7/h1-4,6H,5H2. The molecule has 0 amide bonds. The van der Waals surface area contributed by atoms with Gasteiger partial charge in [0.2, 0.25) is 9.05 Å². The largest absolute Gasteiger partial charge is 0.260 e. The minimum Gasteiger partial charge on any atom is -0.260 e. The quantitative estimate of drug-likeness (QED) is 0.599. The van der Waals surface area contributed by atoms with E-state index in [9.17, 15) is 8.42 Å². The highest BCUT2D eigenvalue weighted by Crippen LogP contribution is 2.21. The summed E-state index contributed by atoms with van der Waals surface area (Å²) in [7, 11) is 1.47. The molecule has 0 bridgehead atoms. The van der Waals surface area contributed by atoms with E-state index < -0.39 is 14.4 Å². The molecule has 0 radical (unpaired) electrons. The predicted molar refractivity (Wildman–Crippen MR) is 52.5 cm³/mol. The highest BCUT2D eigenvalue weighted by Gasteiger charge is 2.16. The highest BCUT2D eigenvalue weighted by molar-refractivity contribution is 8.13. The molecule has 1 unspecified atom stereocenters. The fourth-order valence-corrected chi connectivity index (χ4v) is 2.54. The first kappa shape index (κ1) is 10.8. The Morgan fingerprint density at radius 3 is 2.62 bits per heavy atom. The van der Waals surface area contributed by atoms with Crippen LogP contribution in [0.15, 0.2) is 24.4 Å². The Morgan fingerprint density at radius 2 is 2.15 bits per heavy atom. The molecule has 0 aromatic carbocycles. The highest BCUT2D eigenvalue weighted by atomic mass is 35.7. The number of nitrogens with zero attached hydrogens (tertiary/aromatic N) is 1. The zero-order chi connectivity index (χ0) is 9.90. The maximum absolute atomic E-state index is 10.7. The maximum Gasteiger partial charge on any atom is 0.234 e. The Bertz CT molecular complexity index is 365. The molecule has 1 atom stereocenters. The van der Waals surface area contributed by atoms with E-state index in [1.807, 2.05) is 0 Å². The topological polar surface area (TPSA) is 47.0 Å². The lowest BCUT2D eigenvalue weighted by atomic mass is 10.3. The Balaban J connectivity index is 2.76. The zero-order valence-electron chi connectivity index (χ0n) is 6.52. The van der Waals surface area contributed by atoms with Crippen molar-refractivity contribution in [2.24, 2.45) is 0 Å². The molecule has 3 nitrogen and oxygen atoms in total. The van der Waals surface area contributed by atoms with Gasteiger partial charge in [-0.05, 0) is 12.1 Å². The third kappa shape index (κ3) is 3.93. The van der Waals surface area contributed by atoms with Crippen LogP contribution < -0.4 is 0 Å². The van der Waals surface area contributed by atoms with Crippen molar-refractivity contribution in [3.63, 3.8) is 0 Å². The normalized spacial score (nSPS) is 14.0. The number of hydrogen-bond donors (Lipinski definition) is 0. The summed E-state index contributed by atoms with van der Waals surface area (Å²) >= 11 is 5.76. The van der Waals surface area contributed by atoms with E-state index in [2.05, 4.69) is 4.98 Å². The molecule has 0 saturated carbocycles. The number of aromatic nitrogens is 1. The van der Waals surface area contributed by atoms with Gasteiger partial charge < -0.3 is 0 Å². The average Bonchev–Trinajstić information content (AvgIpc) is 2.03. The van der Waals surface area contributed by atoms with E-state index >= 15 is 0 Å². The van der Waals surface area contributed by atoms with Gasteiger partial charge in [-0.2, -0.15) is 0 Å². The van der Waals surface area contributed by atoms with Crippen LogP contribution in [0, 0.1) is 0 Å². The summed E-state index contributed by atoms with van der Waals surface area (Å²) in [6, 6.07) is 5.11. The number of rotatable bonds is 3. The summed E-state index contributed by atoms with van der Waals surface area (Å²) in [6.45, 7) is 0. The van der Waals surface area contributed by atoms with Crippen molar-refractivity contribution in [1.29, 1.82) is 0 Å². The SMILES string of the molecule is O=S(=O)(Cl)CC(Cl)c1ccccn1. The molecule has 0 spiro atoms. The third-order valence-electron chi connectivity index (χ3n) is 1.35. The van der Waals surface area contributed by atoms with Crippen LogP contribution in [0.3, 0.4) is 0 Å². The molecule has 0 aliphatic carbocycles. The zero-order valence-corrected chi connectivity index (χ0v) is 8.85. The first-order chi connectivity index (χ1) is 5.99. The predicted octanol–water partition coefficient (Wildman–Crippen LogP) is 1.93. The van der Waals surface area contributed by atoms with Crippen molar-refractivity contribution in [1.82, 2.24) is 4.98 Å². The molecule has 0 aliphatic heterocycles. The first-order valence-electron chi connectivity index (χ1n) is 3.46. The van der Waals surface area contributed by atoms with Crippen LogP contribution in [0.4, 0.5) is 0 Å². The number of pyridine rings is 1. The Morgan fingerprint density at radius 1 is 1.46 bits per heavy atom.